The molecule has 3 heterocycles. The van der Waals surface area contributed by atoms with E-state index in [1.807, 2.05) is 53.1 Å². The van der Waals surface area contributed by atoms with Crippen LogP contribution in [0.15, 0.2) is 55.2 Å². The van der Waals surface area contributed by atoms with Crippen molar-refractivity contribution in [2.24, 2.45) is 0 Å². The number of thioether (sulfide) groups is 1. The Morgan fingerprint density at radius 1 is 1.08 bits per heavy atom. The van der Waals surface area contributed by atoms with Crippen LogP contribution in [0, 0.1) is 0 Å². The highest BCUT2D eigenvalue weighted by Gasteiger charge is 2.20. The molecule has 0 saturated carbocycles. The van der Waals surface area contributed by atoms with Gasteiger partial charge in [0.2, 0.25) is 0 Å². The van der Waals surface area contributed by atoms with Gasteiger partial charge in [-0.05, 0) is 12.1 Å². The van der Waals surface area contributed by atoms with Crippen molar-refractivity contribution in [1.82, 2.24) is 24.4 Å². The summed E-state index contributed by atoms with van der Waals surface area (Å²) in [7, 11) is 0. The number of hydrogen-bond acceptors (Lipinski definition) is 6. The molecule has 7 nitrogen and oxygen atoms in total. The van der Waals surface area contributed by atoms with E-state index in [0.717, 1.165) is 30.3 Å². The van der Waals surface area contributed by atoms with Crippen molar-refractivity contribution in [3.63, 3.8) is 0 Å². The Hall–Kier alpha value is -2.87. The summed E-state index contributed by atoms with van der Waals surface area (Å²) >= 11 is 1.87. The summed E-state index contributed by atoms with van der Waals surface area (Å²) in [6.45, 7) is 1.55. The maximum absolute atomic E-state index is 12.5. The van der Waals surface area contributed by atoms with E-state index in [-0.39, 0.29) is 5.91 Å². The maximum Gasteiger partial charge on any atom is 0.274 e. The minimum atomic E-state index is -0.0271. The smallest absolute Gasteiger partial charge is 0.274 e. The first-order valence-electron chi connectivity index (χ1n) is 8.35. The Bertz CT molecular complexity index is 891. The second kappa shape index (κ2) is 7.57. The van der Waals surface area contributed by atoms with Crippen LogP contribution >= 0.6 is 11.8 Å². The number of benzene rings is 1. The van der Waals surface area contributed by atoms with E-state index in [1.165, 1.54) is 6.33 Å². The monoisotopic (exact) mass is 366 g/mol. The van der Waals surface area contributed by atoms with Crippen LogP contribution in [0.2, 0.25) is 0 Å². The lowest BCUT2D eigenvalue weighted by molar-refractivity contribution is 0.0767. The summed E-state index contributed by atoms with van der Waals surface area (Å²) in [5.41, 5.74) is 1.38. The van der Waals surface area contributed by atoms with Crippen LogP contribution in [-0.4, -0.2) is 54.9 Å². The molecule has 1 aliphatic heterocycles. The highest BCUT2D eigenvalue weighted by Crippen LogP contribution is 2.17. The van der Waals surface area contributed by atoms with Gasteiger partial charge in [0.15, 0.2) is 0 Å². The Morgan fingerprint density at radius 3 is 2.69 bits per heavy atom. The number of nitrogens with one attached hydrogen (secondary N) is 1. The molecular weight excluding hydrogens is 348 g/mol. The largest absolute Gasteiger partial charge is 0.340 e. The summed E-state index contributed by atoms with van der Waals surface area (Å²) in [4.78, 5) is 27.2. The molecule has 3 aromatic rings. The molecule has 0 spiro atoms. The van der Waals surface area contributed by atoms with Crippen molar-refractivity contribution in [2.75, 3.05) is 29.9 Å². The van der Waals surface area contributed by atoms with E-state index >= 15 is 0 Å². The number of hydrogen-bond donors (Lipinski definition) is 1. The van der Waals surface area contributed by atoms with Crippen molar-refractivity contribution in [2.45, 2.75) is 0 Å². The minimum absolute atomic E-state index is 0.0271. The lowest BCUT2D eigenvalue weighted by atomic mass is 10.3. The zero-order chi connectivity index (χ0) is 17.8. The summed E-state index contributed by atoms with van der Waals surface area (Å²) in [6.07, 6.45) is 4.82. The van der Waals surface area contributed by atoms with Gasteiger partial charge < -0.3 is 10.2 Å². The fraction of sp³-hybridized carbons (Fsp3) is 0.222. The van der Waals surface area contributed by atoms with E-state index in [0.29, 0.717) is 17.3 Å². The number of aromatic nitrogens is 4. The van der Waals surface area contributed by atoms with Gasteiger partial charge in [-0.3, -0.25) is 9.36 Å². The fourth-order valence-corrected chi connectivity index (χ4v) is 3.62. The summed E-state index contributed by atoms with van der Waals surface area (Å²) < 4.78 is 1.74. The molecule has 0 bridgehead atoms. The van der Waals surface area contributed by atoms with E-state index in [1.54, 1.807) is 17.1 Å². The maximum atomic E-state index is 12.5. The van der Waals surface area contributed by atoms with Gasteiger partial charge in [-0.2, -0.15) is 11.8 Å². The Labute approximate surface area is 155 Å². The standard InChI is InChI=1S/C18H18N6OS/c25-18(23-6-8-26-9-7-23)15-11-24(13-21-15)17-10-16(19-12-20-17)22-14-4-2-1-3-5-14/h1-5,10-13H,6-9H2,(H,19,20,22). The van der Waals surface area contributed by atoms with Gasteiger partial charge in [0, 0.05) is 42.5 Å². The molecule has 0 aliphatic carbocycles. The summed E-state index contributed by atoms with van der Waals surface area (Å²) in [5, 5.41) is 3.23. The third-order valence-corrected chi connectivity index (χ3v) is 5.01. The molecule has 2 aromatic heterocycles. The Morgan fingerprint density at radius 2 is 1.88 bits per heavy atom. The predicted molar refractivity (Wildman–Crippen MR) is 102 cm³/mol. The van der Waals surface area contributed by atoms with Crippen LogP contribution in [0.1, 0.15) is 10.5 Å². The van der Waals surface area contributed by atoms with Gasteiger partial charge in [-0.15, -0.1) is 0 Å². The minimum Gasteiger partial charge on any atom is -0.340 e. The SMILES string of the molecule is O=C(c1cn(-c2cc(Nc3ccccc3)ncn2)cn1)N1CCSCC1. The molecular formula is C18H18N6OS. The van der Waals surface area contributed by atoms with Crippen LogP contribution in [0.4, 0.5) is 11.5 Å². The molecule has 0 radical (unpaired) electrons. The van der Waals surface area contributed by atoms with Gasteiger partial charge in [-0.25, -0.2) is 15.0 Å². The first-order valence-corrected chi connectivity index (χ1v) is 9.50. The second-order valence-electron chi connectivity index (χ2n) is 5.82. The number of para-hydroxylation sites is 1. The molecule has 1 aliphatic rings. The third kappa shape index (κ3) is 3.70. The molecule has 0 unspecified atom stereocenters. The van der Waals surface area contributed by atoms with E-state index in [2.05, 4.69) is 20.3 Å². The number of anilines is 2. The average Bonchev–Trinajstić information content (AvgIpc) is 3.19. The lowest BCUT2D eigenvalue weighted by Gasteiger charge is -2.25. The molecule has 8 heteroatoms. The zero-order valence-electron chi connectivity index (χ0n) is 14.1. The van der Waals surface area contributed by atoms with Gasteiger partial charge in [0.25, 0.3) is 5.91 Å². The molecule has 4 rings (SSSR count). The average molecular weight is 366 g/mol. The summed E-state index contributed by atoms with van der Waals surface area (Å²) in [5.74, 6) is 3.26. The van der Waals surface area contributed by atoms with Gasteiger partial charge in [0.05, 0.1) is 0 Å². The topological polar surface area (TPSA) is 75.9 Å². The Kier molecular flexibility index (Phi) is 4.83. The molecule has 0 atom stereocenters. The van der Waals surface area contributed by atoms with Crippen molar-refractivity contribution < 1.29 is 4.79 Å². The van der Waals surface area contributed by atoms with E-state index in [9.17, 15) is 4.79 Å². The Balaban J connectivity index is 1.52. The van der Waals surface area contributed by atoms with Gasteiger partial charge >= 0.3 is 0 Å². The van der Waals surface area contributed by atoms with Crippen LogP contribution in [0.25, 0.3) is 5.82 Å². The van der Waals surface area contributed by atoms with Crippen molar-refractivity contribution >= 4 is 29.2 Å². The lowest BCUT2D eigenvalue weighted by Crippen LogP contribution is -2.38. The molecule has 132 valence electrons. The summed E-state index contributed by atoms with van der Waals surface area (Å²) in [6, 6.07) is 11.6. The number of carbonyl (C=O) groups is 1. The van der Waals surface area contributed by atoms with Gasteiger partial charge in [-0.1, -0.05) is 18.2 Å². The quantitative estimate of drug-likeness (QED) is 0.765. The number of nitrogens with zero attached hydrogens (tertiary/aromatic N) is 5. The molecule has 26 heavy (non-hydrogen) atoms. The fourth-order valence-electron chi connectivity index (χ4n) is 2.71. The molecule has 1 amide bonds. The van der Waals surface area contributed by atoms with E-state index in [4.69, 9.17) is 0 Å². The predicted octanol–water partition coefficient (Wildman–Crippen LogP) is 2.59. The van der Waals surface area contributed by atoms with Crippen LogP contribution in [0.3, 0.4) is 0 Å². The van der Waals surface area contributed by atoms with Crippen LogP contribution in [0.5, 0.6) is 0 Å². The first kappa shape index (κ1) is 16.6. The highest BCUT2D eigenvalue weighted by molar-refractivity contribution is 7.99. The number of rotatable bonds is 4. The third-order valence-electron chi connectivity index (χ3n) is 4.06. The van der Waals surface area contributed by atoms with Crippen LogP contribution in [-0.2, 0) is 0 Å². The molecule has 1 fully saturated rings. The normalized spacial score (nSPS) is 14.2. The zero-order valence-corrected chi connectivity index (χ0v) is 14.9. The van der Waals surface area contributed by atoms with E-state index < -0.39 is 0 Å². The highest BCUT2D eigenvalue weighted by atomic mass is 32.2. The molecule has 1 saturated heterocycles. The number of imidazole rings is 1. The van der Waals surface area contributed by atoms with Crippen LogP contribution < -0.4 is 5.32 Å². The second-order valence-corrected chi connectivity index (χ2v) is 7.05. The van der Waals surface area contributed by atoms with Crippen molar-refractivity contribution in [1.29, 1.82) is 0 Å². The number of amides is 1. The molecule has 1 aromatic carbocycles. The van der Waals surface area contributed by atoms with Crippen molar-refractivity contribution in [3.8, 4) is 5.82 Å². The molecule has 1 N–H and O–H groups in total. The first-order chi connectivity index (χ1) is 12.8. The number of carbonyl (C=O) groups excluding carboxylic acids is 1. The van der Waals surface area contributed by atoms with Gasteiger partial charge in [0.1, 0.15) is 30.0 Å². The van der Waals surface area contributed by atoms with Crippen molar-refractivity contribution in [3.05, 3.63) is 60.9 Å².